The number of hydrogen-bond donors (Lipinski definition) is 10. The molecule has 0 saturated carbocycles. The van der Waals surface area contributed by atoms with E-state index in [-0.39, 0.29) is 0 Å². The zero-order valence-corrected chi connectivity index (χ0v) is 12.1. The van der Waals surface area contributed by atoms with Gasteiger partial charge in [-0.2, -0.15) is 0 Å². The molecule has 1 saturated heterocycles. The molecule has 11 nitrogen and oxygen atoms in total. The number of rotatable bonds is 7. The van der Waals surface area contributed by atoms with Gasteiger partial charge in [0.2, 0.25) is 0 Å². The van der Waals surface area contributed by atoms with Gasteiger partial charge in [0.1, 0.15) is 61.0 Å². The first-order valence-electron chi connectivity index (χ1n) is 6.99. The minimum Gasteiger partial charge on any atom is -0.394 e. The van der Waals surface area contributed by atoms with E-state index in [1.54, 1.807) is 0 Å². The van der Waals surface area contributed by atoms with Gasteiger partial charge in [0, 0.05) is 0 Å². The van der Waals surface area contributed by atoms with Gasteiger partial charge in [-0.15, -0.1) is 0 Å². The maximum Gasteiger partial charge on any atom is 0.115 e. The summed E-state index contributed by atoms with van der Waals surface area (Å²) in [6.07, 6.45) is -18.4. The molecule has 11 heteroatoms. The Morgan fingerprint density at radius 1 is 0.739 bits per heavy atom. The van der Waals surface area contributed by atoms with Crippen molar-refractivity contribution in [3.63, 3.8) is 0 Å². The molecule has 0 aromatic rings. The van der Waals surface area contributed by atoms with E-state index in [0.29, 0.717) is 0 Å². The molecule has 1 aliphatic rings. The summed E-state index contributed by atoms with van der Waals surface area (Å²) < 4.78 is 5.01. The van der Waals surface area contributed by atoms with Crippen molar-refractivity contribution in [3.05, 3.63) is 0 Å². The Kier molecular flexibility index (Phi) is 7.70. The monoisotopic (exact) mass is 344 g/mol. The van der Waals surface area contributed by atoms with Gasteiger partial charge in [0.25, 0.3) is 0 Å². The Morgan fingerprint density at radius 3 is 1.78 bits per heavy atom. The van der Waals surface area contributed by atoms with Crippen LogP contribution in [0.1, 0.15) is 0 Å². The molecule has 0 aromatic heterocycles. The van der Waals surface area contributed by atoms with Crippen molar-refractivity contribution >= 4 is 0 Å². The van der Waals surface area contributed by atoms with Crippen LogP contribution in [0.15, 0.2) is 0 Å². The maximum absolute atomic E-state index is 9.98. The van der Waals surface area contributed by atoms with E-state index in [2.05, 4.69) is 0 Å². The molecule has 1 heterocycles. The molecule has 0 aliphatic carbocycles. The minimum absolute atomic E-state index is 0.751. The maximum atomic E-state index is 9.98. The van der Waals surface area contributed by atoms with E-state index in [4.69, 9.17) is 14.9 Å². The predicted molar refractivity (Wildman–Crippen MR) is 70.9 cm³/mol. The van der Waals surface area contributed by atoms with Gasteiger partial charge in [-0.25, -0.2) is 0 Å². The van der Waals surface area contributed by atoms with Crippen LogP contribution in [0.2, 0.25) is 0 Å². The standard InChI is InChI=1S/C12H24O11/c13-1-3(15)5(16)7(18)9(20)11(22)12-10(21)8(19)6(17)4(2-14)23-12/h3-22H,1-2H2/t3-,4-,5-,6+,7+,8+,9-,10-,11?,12?/m1/s1. The Labute approximate surface area is 131 Å². The van der Waals surface area contributed by atoms with Crippen LogP contribution in [0, 0.1) is 0 Å². The highest BCUT2D eigenvalue weighted by Crippen LogP contribution is 2.25. The van der Waals surface area contributed by atoms with E-state index < -0.39 is 74.3 Å². The van der Waals surface area contributed by atoms with Crippen LogP contribution in [0.5, 0.6) is 0 Å². The van der Waals surface area contributed by atoms with Crippen molar-refractivity contribution in [1.82, 2.24) is 0 Å². The molecule has 23 heavy (non-hydrogen) atoms. The third-order valence-corrected chi connectivity index (χ3v) is 3.90. The zero-order valence-electron chi connectivity index (χ0n) is 12.1. The van der Waals surface area contributed by atoms with Gasteiger partial charge in [0.15, 0.2) is 0 Å². The summed E-state index contributed by atoms with van der Waals surface area (Å²) in [5, 5.41) is 94.9. The largest absolute Gasteiger partial charge is 0.394 e. The van der Waals surface area contributed by atoms with Gasteiger partial charge in [-0.3, -0.25) is 0 Å². The lowest BCUT2D eigenvalue weighted by molar-refractivity contribution is -0.264. The zero-order chi connectivity index (χ0) is 17.9. The Bertz CT molecular complexity index is 354. The van der Waals surface area contributed by atoms with Crippen LogP contribution in [-0.4, -0.2) is 125 Å². The van der Waals surface area contributed by atoms with Crippen LogP contribution < -0.4 is 0 Å². The second-order valence-electron chi connectivity index (χ2n) is 5.51. The lowest BCUT2D eigenvalue weighted by Gasteiger charge is -2.43. The van der Waals surface area contributed by atoms with Gasteiger partial charge in [-0.1, -0.05) is 0 Å². The molecule has 10 atom stereocenters. The fourth-order valence-electron chi connectivity index (χ4n) is 2.35. The Hall–Kier alpha value is -0.440. The second kappa shape index (κ2) is 8.60. The number of hydrogen-bond acceptors (Lipinski definition) is 11. The highest BCUT2D eigenvalue weighted by atomic mass is 16.6. The van der Waals surface area contributed by atoms with Gasteiger partial charge in [-0.05, 0) is 0 Å². The summed E-state index contributed by atoms with van der Waals surface area (Å²) in [7, 11) is 0. The summed E-state index contributed by atoms with van der Waals surface area (Å²) in [5.41, 5.74) is 0. The quantitative estimate of drug-likeness (QED) is 0.210. The molecule has 0 spiro atoms. The fourth-order valence-corrected chi connectivity index (χ4v) is 2.35. The van der Waals surface area contributed by atoms with Crippen molar-refractivity contribution < 1.29 is 55.8 Å². The first-order valence-corrected chi connectivity index (χ1v) is 6.99. The SMILES string of the molecule is OC[C@@H](O)[C@@H](O)[C@H](O)[C@@H](O)C(O)C1O[C@H](CO)[C@H](O)[C@H](O)[C@H]1O. The van der Waals surface area contributed by atoms with E-state index in [1.807, 2.05) is 0 Å². The fraction of sp³-hybridized carbons (Fsp3) is 1.00. The molecule has 10 N–H and O–H groups in total. The molecule has 0 amide bonds. The van der Waals surface area contributed by atoms with Crippen LogP contribution in [0.4, 0.5) is 0 Å². The molecule has 1 fully saturated rings. The average Bonchev–Trinajstić information content (AvgIpc) is 2.56. The smallest absolute Gasteiger partial charge is 0.115 e. The average molecular weight is 344 g/mol. The van der Waals surface area contributed by atoms with Gasteiger partial charge < -0.3 is 55.8 Å². The molecule has 2 unspecified atom stereocenters. The first kappa shape index (κ1) is 20.6. The first-order chi connectivity index (χ1) is 10.7. The summed E-state index contributed by atoms with van der Waals surface area (Å²) in [6, 6.07) is 0. The second-order valence-corrected chi connectivity index (χ2v) is 5.51. The van der Waals surface area contributed by atoms with Crippen LogP contribution in [0.25, 0.3) is 0 Å². The summed E-state index contributed by atoms with van der Waals surface area (Å²) >= 11 is 0. The Balaban J connectivity index is 2.83. The third kappa shape index (κ3) is 4.35. The van der Waals surface area contributed by atoms with Crippen molar-refractivity contribution in [2.24, 2.45) is 0 Å². The van der Waals surface area contributed by atoms with E-state index in [9.17, 15) is 40.9 Å². The van der Waals surface area contributed by atoms with E-state index in [0.717, 1.165) is 0 Å². The van der Waals surface area contributed by atoms with Crippen molar-refractivity contribution in [2.45, 2.75) is 61.0 Å². The van der Waals surface area contributed by atoms with Crippen LogP contribution >= 0.6 is 0 Å². The summed E-state index contributed by atoms with van der Waals surface area (Å²) in [6.45, 7) is -1.67. The van der Waals surface area contributed by atoms with Crippen molar-refractivity contribution in [2.75, 3.05) is 13.2 Å². The number of aliphatic hydroxyl groups is 10. The summed E-state index contributed by atoms with van der Waals surface area (Å²) in [5.74, 6) is 0. The van der Waals surface area contributed by atoms with Crippen LogP contribution in [0.3, 0.4) is 0 Å². The van der Waals surface area contributed by atoms with Crippen molar-refractivity contribution in [1.29, 1.82) is 0 Å². The lowest BCUT2D eigenvalue weighted by atomic mass is 9.88. The van der Waals surface area contributed by atoms with E-state index in [1.165, 1.54) is 0 Å². The van der Waals surface area contributed by atoms with Gasteiger partial charge >= 0.3 is 0 Å². The molecular weight excluding hydrogens is 320 g/mol. The van der Waals surface area contributed by atoms with E-state index >= 15 is 0 Å². The molecule has 0 radical (unpaired) electrons. The highest BCUT2D eigenvalue weighted by Gasteiger charge is 2.49. The lowest BCUT2D eigenvalue weighted by Crippen LogP contribution is -2.64. The number of aliphatic hydroxyl groups excluding tert-OH is 10. The van der Waals surface area contributed by atoms with Gasteiger partial charge in [0.05, 0.1) is 13.2 Å². The third-order valence-electron chi connectivity index (χ3n) is 3.90. The number of ether oxygens (including phenoxy) is 1. The van der Waals surface area contributed by atoms with Crippen LogP contribution in [-0.2, 0) is 4.74 Å². The molecule has 138 valence electrons. The minimum atomic E-state index is -2.13. The van der Waals surface area contributed by atoms with Crippen molar-refractivity contribution in [3.8, 4) is 0 Å². The molecule has 0 aromatic carbocycles. The molecule has 0 bridgehead atoms. The highest BCUT2D eigenvalue weighted by molar-refractivity contribution is 4.98. The Morgan fingerprint density at radius 2 is 1.30 bits per heavy atom. The summed E-state index contributed by atoms with van der Waals surface area (Å²) in [4.78, 5) is 0. The predicted octanol–water partition coefficient (Wildman–Crippen LogP) is -6.37. The molecule has 1 rings (SSSR count). The molecular formula is C12H24O11. The normalized spacial score (nSPS) is 38.6. The molecule has 1 aliphatic heterocycles. The topological polar surface area (TPSA) is 212 Å².